The fourth-order valence-corrected chi connectivity index (χ4v) is 2.10. The lowest BCUT2D eigenvalue weighted by Crippen LogP contribution is -2.42. The highest BCUT2D eigenvalue weighted by Gasteiger charge is 2.09. The Hall–Kier alpha value is -0.830. The third-order valence-electron chi connectivity index (χ3n) is 2.68. The van der Waals surface area contributed by atoms with Crippen LogP contribution in [-0.4, -0.2) is 59.4 Å². The molecule has 2 rings (SSSR count). The minimum Gasteiger partial charge on any atom is -0.379 e. The molecule has 8 heteroatoms. The molecule has 1 saturated heterocycles. The molecule has 0 saturated carbocycles. The Balaban J connectivity index is 1.65. The van der Waals surface area contributed by atoms with Crippen LogP contribution in [0, 0.1) is 0 Å². The molecule has 0 atom stereocenters. The Labute approximate surface area is 126 Å². The van der Waals surface area contributed by atoms with Crippen LogP contribution in [0.4, 0.5) is 5.82 Å². The van der Waals surface area contributed by atoms with Crippen molar-refractivity contribution >= 4 is 39.1 Å². The number of ether oxygens (including phenoxy) is 1. The lowest BCUT2D eigenvalue weighted by molar-refractivity contribution is 0.0389. The van der Waals surface area contributed by atoms with Gasteiger partial charge in [-0.3, -0.25) is 4.90 Å². The number of nitrogens with one attached hydrogen (secondary N) is 2. The van der Waals surface area contributed by atoms with Gasteiger partial charge in [0.2, 0.25) is 0 Å². The maximum Gasteiger partial charge on any atom is 0.172 e. The van der Waals surface area contributed by atoms with Crippen LogP contribution in [-0.2, 0) is 4.74 Å². The zero-order chi connectivity index (χ0) is 13.5. The Morgan fingerprint density at radius 2 is 2.16 bits per heavy atom. The van der Waals surface area contributed by atoms with E-state index in [9.17, 15) is 0 Å². The van der Waals surface area contributed by atoms with E-state index in [2.05, 4.69) is 41.4 Å². The summed E-state index contributed by atoms with van der Waals surface area (Å²) in [6, 6.07) is 0. The lowest BCUT2D eigenvalue weighted by Gasteiger charge is -2.26. The summed E-state index contributed by atoms with van der Waals surface area (Å²) < 4.78 is 5.99. The van der Waals surface area contributed by atoms with Crippen molar-refractivity contribution in [1.82, 2.24) is 20.2 Å². The molecule has 104 valence electrons. The van der Waals surface area contributed by atoms with Gasteiger partial charge in [-0.25, -0.2) is 9.97 Å². The van der Waals surface area contributed by atoms with Crippen LogP contribution in [0.25, 0.3) is 0 Å². The summed E-state index contributed by atoms with van der Waals surface area (Å²) in [5.74, 6) is 0.632. The summed E-state index contributed by atoms with van der Waals surface area (Å²) >= 11 is 8.42. The number of hydrogen-bond donors (Lipinski definition) is 2. The molecule has 0 spiro atoms. The molecule has 1 aliphatic heterocycles. The van der Waals surface area contributed by atoms with E-state index < -0.39 is 0 Å². The van der Waals surface area contributed by atoms with E-state index in [1.807, 2.05) is 0 Å². The van der Waals surface area contributed by atoms with Crippen molar-refractivity contribution in [3.05, 3.63) is 17.0 Å². The average molecular weight is 346 g/mol. The minimum atomic E-state index is 0.560. The molecule has 2 heterocycles. The van der Waals surface area contributed by atoms with E-state index in [4.69, 9.17) is 17.0 Å². The van der Waals surface area contributed by atoms with Gasteiger partial charge < -0.3 is 15.4 Å². The Morgan fingerprint density at radius 1 is 1.37 bits per heavy atom. The molecule has 0 aromatic carbocycles. The second-order valence-corrected chi connectivity index (χ2v) is 5.28. The van der Waals surface area contributed by atoms with Gasteiger partial charge in [0.25, 0.3) is 0 Å². The molecule has 0 aliphatic carbocycles. The van der Waals surface area contributed by atoms with Crippen molar-refractivity contribution in [2.45, 2.75) is 0 Å². The highest BCUT2D eigenvalue weighted by Crippen LogP contribution is 2.05. The highest BCUT2D eigenvalue weighted by molar-refractivity contribution is 9.10. The first-order chi connectivity index (χ1) is 9.24. The van der Waals surface area contributed by atoms with Crippen molar-refractivity contribution in [3.8, 4) is 0 Å². The molecular formula is C11H16BrN5OS. The van der Waals surface area contributed by atoms with Gasteiger partial charge in [-0.1, -0.05) is 0 Å². The molecule has 1 fully saturated rings. The quantitative estimate of drug-likeness (QED) is 0.784. The predicted octanol–water partition coefficient (Wildman–Crippen LogP) is 0.858. The molecule has 1 aliphatic rings. The van der Waals surface area contributed by atoms with Crippen LogP contribution in [0.2, 0.25) is 0 Å². The van der Waals surface area contributed by atoms with Crippen LogP contribution in [0.15, 0.2) is 17.0 Å². The molecule has 0 radical (unpaired) electrons. The van der Waals surface area contributed by atoms with Crippen molar-refractivity contribution in [3.63, 3.8) is 0 Å². The van der Waals surface area contributed by atoms with E-state index >= 15 is 0 Å². The van der Waals surface area contributed by atoms with Crippen molar-refractivity contribution < 1.29 is 4.74 Å². The van der Waals surface area contributed by atoms with E-state index in [1.165, 1.54) is 0 Å². The topological polar surface area (TPSA) is 62.3 Å². The summed E-state index contributed by atoms with van der Waals surface area (Å²) in [4.78, 5) is 10.6. The second-order valence-electron chi connectivity index (χ2n) is 4.06. The van der Waals surface area contributed by atoms with Gasteiger partial charge >= 0.3 is 0 Å². The molecule has 2 N–H and O–H groups in total. The molecule has 19 heavy (non-hydrogen) atoms. The van der Waals surface area contributed by atoms with E-state index in [1.54, 1.807) is 12.4 Å². The standard InChI is InChI=1S/C11H16BrN5OS/c12-9-7-15-10(8-14-9)16-11(19)13-1-2-17-3-5-18-6-4-17/h7-8H,1-6H2,(H2,13,15,16,19). The number of aromatic nitrogens is 2. The van der Waals surface area contributed by atoms with Gasteiger partial charge in [-0.05, 0) is 28.1 Å². The number of hydrogen-bond acceptors (Lipinski definition) is 5. The molecule has 6 nitrogen and oxygen atoms in total. The van der Waals surface area contributed by atoms with E-state index in [0.29, 0.717) is 15.5 Å². The molecule has 0 bridgehead atoms. The van der Waals surface area contributed by atoms with Gasteiger partial charge in [0.05, 0.1) is 25.6 Å². The van der Waals surface area contributed by atoms with Crippen molar-refractivity contribution in [1.29, 1.82) is 0 Å². The number of rotatable bonds is 4. The Morgan fingerprint density at radius 3 is 2.84 bits per heavy atom. The largest absolute Gasteiger partial charge is 0.379 e. The summed E-state index contributed by atoms with van der Waals surface area (Å²) in [5.41, 5.74) is 0. The van der Waals surface area contributed by atoms with Crippen molar-refractivity contribution in [2.75, 3.05) is 44.7 Å². The lowest BCUT2D eigenvalue weighted by atomic mass is 10.4. The second kappa shape index (κ2) is 7.68. The number of halogens is 1. The summed E-state index contributed by atoms with van der Waals surface area (Å²) in [6.45, 7) is 5.36. The van der Waals surface area contributed by atoms with Crippen LogP contribution >= 0.6 is 28.1 Å². The van der Waals surface area contributed by atoms with Crippen LogP contribution in [0.5, 0.6) is 0 Å². The summed E-state index contributed by atoms with van der Waals surface area (Å²) in [7, 11) is 0. The SMILES string of the molecule is S=C(NCCN1CCOCC1)Nc1cnc(Br)cn1. The number of nitrogens with zero attached hydrogens (tertiary/aromatic N) is 3. The van der Waals surface area contributed by atoms with Gasteiger partial charge in [0.1, 0.15) is 4.60 Å². The fourth-order valence-electron chi connectivity index (χ4n) is 1.69. The van der Waals surface area contributed by atoms with Gasteiger partial charge in [0.15, 0.2) is 10.9 Å². The summed E-state index contributed by atoms with van der Waals surface area (Å²) in [5, 5.41) is 6.70. The van der Waals surface area contributed by atoms with Gasteiger partial charge in [-0.15, -0.1) is 0 Å². The Bertz CT molecular complexity index is 410. The first-order valence-electron chi connectivity index (χ1n) is 6.06. The number of anilines is 1. The zero-order valence-electron chi connectivity index (χ0n) is 10.4. The first kappa shape index (κ1) is 14.6. The zero-order valence-corrected chi connectivity index (χ0v) is 12.8. The normalized spacial score (nSPS) is 16.1. The molecule has 1 aromatic rings. The monoisotopic (exact) mass is 345 g/mol. The average Bonchev–Trinajstić information content (AvgIpc) is 2.43. The van der Waals surface area contributed by atoms with Crippen LogP contribution < -0.4 is 10.6 Å². The maximum atomic E-state index is 5.30. The first-order valence-corrected chi connectivity index (χ1v) is 7.26. The molecular weight excluding hydrogens is 330 g/mol. The molecule has 1 aromatic heterocycles. The van der Waals surface area contributed by atoms with E-state index in [-0.39, 0.29) is 0 Å². The molecule has 0 unspecified atom stereocenters. The van der Waals surface area contributed by atoms with Gasteiger partial charge in [0, 0.05) is 26.2 Å². The third-order valence-corrected chi connectivity index (χ3v) is 3.34. The van der Waals surface area contributed by atoms with Crippen LogP contribution in [0.3, 0.4) is 0 Å². The maximum absolute atomic E-state index is 5.30. The number of morpholine rings is 1. The van der Waals surface area contributed by atoms with E-state index in [0.717, 1.165) is 39.4 Å². The third kappa shape index (κ3) is 5.35. The van der Waals surface area contributed by atoms with Crippen LogP contribution in [0.1, 0.15) is 0 Å². The molecule has 0 amide bonds. The summed E-state index contributed by atoms with van der Waals surface area (Å²) in [6.07, 6.45) is 3.25. The van der Waals surface area contributed by atoms with Gasteiger partial charge in [-0.2, -0.15) is 0 Å². The number of thiocarbonyl (C=S) groups is 1. The predicted molar refractivity (Wildman–Crippen MR) is 81.2 cm³/mol. The fraction of sp³-hybridized carbons (Fsp3) is 0.545. The Kier molecular flexibility index (Phi) is 5.90. The smallest absolute Gasteiger partial charge is 0.172 e. The van der Waals surface area contributed by atoms with Crippen molar-refractivity contribution in [2.24, 2.45) is 0 Å². The minimum absolute atomic E-state index is 0.560. The highest BCUT2D eigenvalue weighted by atomic mass is 79.9.